The van der Waals surface area contributed by atoms with Gasteiger partial charge in [0, 0.05) is 6.54 Å². The molecule has 2 aromatic rings. The number of allylic oxidation sites excluding steroid dienone is 3. The molecule has 0 bridgehead atoms. The van der Waals surface area contributed by atoms with Crippen LogP contribution in [0.15, 0.2) is 42.6 Å². The van der Waals surface area contributed by atoms with E-state index in [0.717, 1.165) is 25.1 Å². The summed E-state index contributed by atoms with van der Waals surface area (Å²) >= 11 is 2.07. The molecule has 2 aromatic heterocycles. The van der Waals surface area contributed by atoms with E-state index in [0.29, 0.717) is 17.7 Å². The Balaban J connectivity index is 0.000000807. The Bertz CT molecular complexity index is 872. The van der Waals surface area contributed by atoms with Crippen LogP contribution in [0.5, 0.6) is 0 Å². The molecule has 0 saturated heterocycles. The van der Waals surface area contributed by atoms with Crippen LogP contribution in [0, 0.1) is 17.7 Å². The van der Waals surface area contributed by atoms with Crippen LogP contribution in [0.1, 0.15) is 70.8 Å². The van der Waals surface area contributed by atoms with E-state index in [1.165, 1.54) is 41.9 Å². The minimum Gasteiger partial charge on any atom is -0.362 e. The Morgan fingerprint density at radius 1 is 1.29 bits per heavy atom. The molecular formula is C24H35FIN4P. The molecule has 31 heavy (non-hydrogen) atoms. The lowest BCUT2D eigenvalue weighted by Crippen LogP contribution is -2.22. The summed E-state index contributed by atoms with van der Waals surface area (Å²) < 4.78 is 15.2. The zero-order valence-corrected chi connectivity index (χ0v) is 22.3. The van der Waals surface area contributed by atoms with E-state index >= 15 is 0 Å². The second-order valence-corrected chi connectivity index (χ2v) is 7.98. The van der Waals surface area contributed by atoms with Crippen LogP contribution in [0.2, 0.25) is 0 Å². The number of aromatic nitrogens is 3. The molecule has 0 aromatic carbocycles. The van der Waals surface area contributed by atoms with Gasteiger partial charge in [0.15, 0.2) is 0 Å². The number of nitrogens with one attached hydrogen (secondary N) is 1. The lowest BCUT2D eigenvalue weighted by molar-refractivity contribution is 0.444. The van der Waals surface area contributed by atoms with Crippen molar-refractivity contribution in [3.8, 4) is 0 Å². The first-order valence-corrected chi connectivity index (χ1v) is 15.3. The van der Waals surface area contributed by atoms with Crippen molar-refractivity contribution in [2.75, 3.05) is 5.32 Å². The lowest BCUT2D eigenvalue weighted by Gasteiger charge is -2.24. The molecule has 2 aliphatic rings. The molecule has 1 N–H and O–H groups in total. The summed E-state index contributed by atoms with van der Waals surface area (Å²) in [6.07, 6.45) is 8.09. The van der Waals surface area contributed by atoms with Gasteiger partial charge in [-0.05, 0) is 61.3 Å². The molecule has 1 saturated carbocycles. The maximum Gasteiger partial charge on any atom is 0.141 e. The van der Waals surface area contributed by atoms with Gasteiger partial charge in [0.1, 0.15) is 11.6 Å². The molecule has 1 aliphatic heterocycles. The summed E-state index contributed by atoms with van der Waals surface area (Å²) in [5.41, 5.74) is 4.70. The van der Waals surface area contributed by atoms with Crippen LogP contribution < -0.4 is 5.32 Å². The van der Waals surface area contributed by atoms with E-state index in [1.54, 1.807) is 6.07 Å². The summed E-state index contributed by atoms with van der Waals surface area (Å²) in [6, 6.07) is 5.46. The number of hydrogen-bond donors (Lipinski definition) is 1. The van der Waals surface area contributed by atoms with Gasteiger partial charge in [-0.3, -0.25) is 4.68 Å². The highest BCUT2D eigenvalue weighted by Gasteiger charge is 2.26. The normalized spacial score (nSPS) is 17.7. The molecule has 0 spiro atoms. The first-order valence-electron chi connectivity index (χ1n) is 11.1. The van der Waals surface area contributed by atoms with Gasteiger partial charge in [0.05, 0.1) is 23.6 Å². The van der Waals surface area contributed by atoms with E-state index in [2.05, 4.69) is 76.5 Å². The number of pyridine rings is 1. The van der Waals surface area contributed by atoms with Crippen LogP contribution in [-0.2, 0) is 6.54 Å². The van der Waals surface area contributed by atoms with E-state index in [-0.39, 0.29) is 11.9 Å². The van der Waals surface area contributed by atoms with Gasteiger partial charge >= 0.3 is 0 Å². The molecule has 170 valence electrons. The van der Waals surface area contributed by atoms with Crippen LogP contribution in [0.4, 0.5) is 10.2 Å². The number of fused-ring (bicyclic) bond motifs is 1. The topological polar surface area (TPSA) is 42.7 Å². The number of anilines is 1. The lowest BCUT2D eigenvalue weighted by atomic mass is 9.95. The number of hydrogen-bond acceptors (Lipinski definition) is 3. The highest BCUT2D eigenvalue weighted by molar-refractivity contribution is 14.2. The van der Waals surface area contributed by atoms with Gasteiger partial charge in [0.2, 0.25) is 0 Å². The van der Waals surface area contributed by atoms with Crippen LogP contribution in [0.25, 0.3) is 5.57 Å². The molecule has 0 amide bonds. The molecule has 7 heteroatoms. The highest BCUT2D eigenvalue weighted by Crippen LogP contribution is 2.39. The predicted octanol–water partition coefficient (Wildman–Crippen LogP) is 7.61. The fraction of sp³-hybridized carbons (Fsp3) is 0.500. The van der Waals surface area contributed by atoms with E-state index in [1.807, 2.05) is 13.8 Å². The summed E-state index contributed by atoms with van der Waals surface area (Å²) in [5.74, 6) is 1.43. The van der Waals surface area contributed by atoms with Gasteiger partial charge in [-0.25, -0.2) is 9.37 Å². The van der Waals surface area contributed by atoms with Crippen molar-refractivity contribution in [3.05, 3.63) is 59.8 Å². The third-order valence-corrected chi connectivity index (χ3v) is 5.44. The highest BCUT2D eigenvalue weighted by atomic mass is 127. The average molecular weight is 556 g/mol. The minimum absolute atomic E-state index is 0.137. The standard InChI is InChI=1S/C22H27FN4.C2H6.H2IP/c1-14(2)18(11-15(3)16-6-7-16)20-12-21-19(5-4-10-27(21)26-20)25-22-9-8-17(23)13-24-22;2*1-2/h8-9,11-14,16,19H,3-7,10H2,1-2H3,(H,24,25);1-2H3;2H2/b18-11+;;. The van der Waals surface area contributed by atoms with E-state index in [4.69, 9.17) is 5.10 Å². The summed E-state index contributed by atoms with van der Waals surface area (Å²) in [6.45, 7) is 16.0. The summed E-state index contributed by atoms with van der Waals surface area (Å²) in [7, 11) is 0. The minimum atomic E-state index is -0.320. The maximum atomic E-state index is 13.1. The fourth-order valence-corrected chi connectivity index (χ4v) is 3.72. The quantitative estimate of drug-likeness (QED) is 0.226. The Morgan fingerprint density at radius 2 is 2.00 bits per heavy atom. The molecule has 1 aliphatic carbocycles. The molecule has 1 fully saturated rings. The number of aryl methyl sites for hydroxylation is 1. The first kappa shape index (κ1) is 26.0. The number of rotatable bonds is 6. The van der Waals surface area contributed by atoms with Crippen LogP contribution in [0.3, 0.4) is 0 Å². The Kier molecular flexibility index (Phi) is 10.6. The van der Waals surface area contributed by atoms with Crippen molar-refractivity contribution in [2.24, 2.45) is 11.8 Å². The van der Waals surface area contributed by atoms with E-state index in [9.17, 15) is 4.39 Å². The first-order chi connectivity index (χ1) is 15.0. The van der Waals surface area contributed by atoms with Gasteiger partial charge in [-0.2, -0.15) is 5.10 Å². The Hall–Kier alpha value is -1.27. The largest absolute Gasteiger partial charge is 0.362 e. The van der Waals surface area contributed by atoms with Gasteiger partial charge < -0.3 is 5.32 Å². The number of halogens is 2. The maximum absolute atomic E-state index is 13.1. The fourth-order valence-electron chi connectivity index (χ4n) is 3.72. The average Bonchev–Trinajstić information content (AvgIpc) is 3.55. The zero-order chi connectivity index (χ0) is 23.0. The zero-order valence-electron chi connectivity index (χ0n) is 19.0. The molecule has 2 atom stereocenters. The third-order valence-electron chi connectivity index (χ3n) is 5.44. The smallest absolute Gasteiger partial charge is 0.141 e. The van der Waals surface area contributed by atoms with Crippen molar-refractivity contribution in [1.82, 2.24) is 14.8 Å². The molecular weight excluding hydrogens is 521 g/mol. The van der Waals surface area contributed by atoms with Crippen molar-refractivity contribution >= 4 is 40.3 Å². The van der Waals surface area contributed by atoms with Crippen LogP contribution >= 0.6 is 28.9 Å². The summed E-state index contributed by atoms with van der Waals surface area (Å²) in [5, 5.41) is 8.34. The SMILES string of the molecule is C=C(/C=C(/c1cc2n(n1)CCCC2Nc1ccc(F)cn1)C(C)C)C1CC1.CC.PI. The van der Waals surface area contributed by atoms with Crippen molar-refractivity contribution in [1.29, 1.82) is 0 Å². The van der Waals surface area contributed by atoms with Gasteiger partial charge in [-0.1, -0.05) is 74.8 Å². The monoisotopic (exact) mass is 556 g/mol. The molecule has 2 unspecified atom stereocenters. The number of nitrogens with zero attached hydrogens (tertiary/aromatic N) is 3. The predicted molar refractivity (Wildman–Crippen MR) is 142 cm³/mol. The van der Waals surface area contributed by atoms with Crippen molar-refractivity contribution < 1.29 is 4.39 Å². The van der Waals surface area contributed by atoms with Gasteiger partial charge in [0.25, 0.3) is 0 Å². The molecule has 4 nitrogen and oxygen atoms in total. The Labute approximate surface area is 201 Å². The molecule has 4 rings (SSSR count). The van der Waals surface area contributed by atoms with Crippen LogP contribution in [-0.4, -0.2) is 14.8 Å². The second kappa shape index (κ2) is 12.7. The van der Waals surface area contributed by atoms with Gasteiger partial charge in [-0.15, -0.1) is 0 Å². The van der Waals surface area contributed by atoms with Crippen molar-refractivity contribution in [2.45, 2.75) is 66.0 Å². The van der Waals surface area contributed by atoms with E-state index < -0.39 is 0 Å². The third kappa shape index (κ3) is 7.11. The molecule has 3 heterocycles. The van der Waals surface area contributed by atoms with Crippen molar-refractivity contribution in [3.63, 3.8) is 0 Å². The summed E-state index contributed by atoms with van der Waals surface area (Å²) in [4.78, 5) is 4.14. The Morgan fingerprint density at radius 3 is 2.58 bits per heavy atom. The second-order valence-electron chi connectivity index (χ2n) is 7.98. The molecule has 0 radical (unpaired) electrons.